The minimum atomic E-state index is -0.699. The minimum absolute atomic E-state index is 0.0597. The van der Waals surface area contributed by atoms with Crippen molar-refractivity contribution in [1.29, 1.82) is 0 Å². The summed E-state index contributed by atoms with van der Waals surface area (Å²) in [5.41, 5.74) is 7.31. The van der Waals surface area contributed by atoms with Crippen molar-refractivity contribution in [2.45, 2.75) is 12.8 Å². The van der Waals surface area contributed by atoms with Crippen molar-refractivity contribution >= 4 is 27.4 Å². The van der Waals surface area contributed by atoms with Gasteiger partial charge < -0.3 is 15.2 Å². The Kier molecular flexibility index (Phi) is 4.37. The molecule has 136 valence electrons. The van der Waals surface area contributed by atoms with Crippen LogP contribution in [0.25, 0.3) is 10.1 Å². The Bertz CT molecular complexity index is 1120. The van der Waals surface area contributed by atoms with Crippen LogP contribution in [-0.2, 0) is 9.53 Å². The van der Waals surface area contributed by atoms with Crippen LogP contribution in [-0.4, -0.2) is 17.6 Å². The van der Waals surface area contributed by atoms with Gasteiger partial charge in [0.15, 0.2) is 0 Å². The van der Waals surface area contributed by atoms with Crippen LogP contribution < -0.4 is 15.2 Å². The highest BCUT2D eigenvalue weighted by molar-refractivity contribution is 7.16. The van der Waals surface area contributed by atoms with E-state index in [4.69, 9.17) is 15.2 Å². The number of rotatable bonds is 3. The number of hydrogen-bond donors (Lipinski definition) is 1. The fraction of sp³-hybridized carbons (Fsp3) is 0.150. The van der Waals surface area contributed by atoms with Gasteiger partial charge in [-0.15, -0.1) is 0 Å². The maximum atomic E-state index is 13.0. The first-order valence-electron chi connectivity index (χ1n) is 8.42. The summed E-state index contributed by atoms with van der Waals surface area (Å²) in [6.45, 7) is 1.90. The molecule has 1 aromatic carbocycles. The van der Waals surface area contributed by atoms with Crippen LogP contribution in [0.5, 0.6) is 5.75 Å². The van der Waals surface area contributed by atoms with Gasteiger partial charge in [-0.1, -0.05) is 29.5 Å². The predicted octanol–water partition coefficient (Wildman–Crippen LogP) is 2.91. The maximum Gasteiger partial charge on any atom is 0.340 e. The van der Waals surface area contributed by atoms with E-state index in [0.29, 0.717) is 16.9 Å². The molecule has 6 nitrogen and oxygen atoms in total. The third kappa shape index (κ3) is 2.86. The third-order valence-corrected chi connectivity index (χ3v) is 5.35. The van der Waals surface area contributed by atoms with Crippen LogP contribution >= 0.6 is 11.3 Å². The summed E-state index contributed by atoms with van der Waals surface area (Å²) in [7, 11) is 0. The maximum absolute atomic E-state index is 13.0. The molecule has 0 fully saturated rings. The van der Waals surface area contributed by atoms with E-state index in [2.05, 4.69) is 4.98 Å². The first-order chi connectivity index (χ1) is 13.1. The molecule has 7 heteroatoms. The van der Waals surface area contributed by atoms with Crippen LogP contribution in [0.1, 0.15) is 24.0 Å². The third-order valence-electron chi connectivity index (χ3n) is 4.37. The standard InChI is InChI=1S/C20H16N2O4S/c1-2-25-19(23)16-14(11-6-5-9-22-10-11)15-17(26-18(16)21)12-7-3-4-8-13(12)27-20(15)24/h3-10,14H,2,21H2,1H3. The van der Waals surface area contributed by atoms with Gasteiger partial charge >= 0.3 is 5.97 Å². The summed E-state index contributed by atoms with van der Waals surface area (Å²) in [5, 5.41) is 0.775. The molecule has 1 unspecified atom stereocenters. The predicted molar refractivity (Wildman–Crippen MR) is 103 cm³/mol. The molecule has 4 rings (SSSR count). The van der Waals surface area contributed by atoms with E-state index in [1.807, 2.05) is 24.3 Å². The van der Waals surface area contributed by atoms with Crippen molar-refractivity contribution in [2.75, 3.05) is 6.61 Å². The molecule has 1 aliphatic heterocycles. The van der Waals surface area contributed by atoms with Gasteiger partial charge in [0.2, 0.25) is 10.6 Å². The summed E-state index contributed by atoms with van der Waals surface area (Å²) in [5.74, 6) is -0.980. The number of ether oxygens (including phenoxy) is 2. The summed E-state index contributed by atoms with van der Waals surface area (Å²) in [6, 6.07) is 11.0. The van der Waals surface area contributed by atoms with Crippen LogP contribution in [0.15, 0.2) is 65.0 Å². The van der Waals surface area contributed by atoms with Gasteiger partial charge in [0, 0.05) is 22.5 Å². The molecule has 2 N–H and O–H groups in total. The molecule has 1 atom stereocenters. The largest absolute Gasteiger partial charge is 0.462 e. The van der Waals surface area contributed by atoms with E-state index < -0.39 is 11.9 Å². The zero-order chi connectivity index (χ0) is 19.0. The number of aromatic nitrogens is 1. The fourth-order valence-electron chi connectivity index (χ4n) is 3.25. The highest BCUT2D eigenvalue weighted by Crippen LogP contribution is 2.44. The number of nitrogens with zero attached hydrogens (tertiary/aromatic N) is 1. The number of hydrogen-bond acceptors (Lipinski definition) is 7. The average molecular weight is 380 g/mol. The Morgan fingerprint density at radius 2 is 2.11 bits per heavy atom. The number of fused-ring (bicyclic) bond motifs is 3. The van der Waals surface area contributed by atoms with Crippen LogP contribution in [0, 0.1) is 0 Å². The van der Waals surface area contributed by atoms with Crippen LogP contribution in [0.2, 0.25) is 0 Å². The molecular weight excluding hydrogens is 364 g/mol. The lowest BCUT2D eigenvalue weighted by atomic mass is 9.84. The lowest BCUT2D eigenvalue weighted by molar-refractivity contribution is -0.139. The Balaban J connectivity index is 2.04. The van der Waals surface area contributed by atoms with Gasteiger partial charge in [-0.05, 0) is 30.7 Å². The average Bonchev–Trinajstić information content (AvgIpc) is 2.68. The smallest absolute Gasteiger partial charge is 0.340 e. The number of carbonyl (C=O) groups excluding carboxylic acids is 1. The van der Waals surface area contributed by atoms with Crippen molar-refractivity contribution in [3.63, 3.8) is 0 Å². The van der Waals surface area contributed by atoms with Gasteiger partial charge in [-0.25, -0.2) is 4.79 Å². The quantitative estimate of drug-likeness (QED) is 0.703. The molecule has 0 amide bonds. The van der Waals surface area contributed by atoms with Crippen molar-refractivity contribution < 1.29 is 14.3 Å². The van der Waals surface area contributed by atoms with Gasteiger partial charge in [-0.3, -0.25) is 9.78 Å². The number of carbonyl (C=O) groups is 1. The molecule has 3 aromatic rings. The van der Waals surface area contributed by atoms with E-state index in [1.54, 1.807) is 31.5 Å². The first-order valence-corrected chi connectivity index (χ1v) is 9.23. The number of nitrogens with two attached hydrogens (primary N) is 1. The summed E-state index contributed by atoms with van der Waals surface area (Å²) in [6.07, 6.45) is 3.24. The van der Waals surface area contributed by atoms with Gasteiger partial charge in [0.05, 0.1) is 18.1 Å². The van der Waals surface area contributed by atoms with Crippen molar-refractivity contribution in [1.82, 2.24) is 4.98 Å². The Morgan fingerprint density at radius 3 is 2.85 bits per heavy atom. The van der Waals surface area contributed by atoms with E-state index in [9.17, 15) is 9.59 Å². The second-order valence-corrected chi connectivity index (χ2v) is 6.96. The normalized spacial score (nSPS) is 16.0. The zero-order valence-corrected chi connectivity index (χ0v) is 15.3. The van der Waals surface area contributed by atoms with E-state index in [1.165, 1.54) is 0 Å². The number of esters is 1. The number of pyridine rings is 1. The molecule has 0 spiro atoms. The molecule has 1 aliphatic rings. The minimum Gasteiger partial charge on any atom is -0.462 e. The molecule has 0 saturated carbocycles. The Labute approximate surface area is 158 Å². The molecule has 27 heavy (non-hydrogen) atoms. The molecule has 0 aliphatic carbocycles. The lowest BCUT2D eigenvalue weighted by Crippen LogP contribution is -2.30. The van der Waals surface area contributed by atoms with Gasteiger partial charge in [-0.2, -0.15) is 0 Å². The second-order valence-electron chi connectivity index (χ2n) is 5.95. The molecule has 0 radical (unpaired) electrons. The van der Waals surface area contributed by atoms with Crippen LogP contribution in [0.4, 0.5) is 0 Å². The lowest BCUT2D eigenvalue weighted by Gasteiger charge is -2.28. The summed E-state index contributed by atoms with van der Waals surface area (Å²) in [4.78, 5) is 29.7. The van der Waals surface area contributed by atoms with Gasteiger partial charge in [0.1, 0.15) is 11.3 Å². The SMILES string of the molecule is CCOC(=O)C1=C(N)Oc2c(c(=O)sc3ccccc23)C1c1cccnc1. The molecular formula is C20H16N2O4S. The van der Waals surface area contributed by atoms with Crippen LogP contribution in [0.3, 0.4) is 0 Å². The fourth-order valence-corrected chi connectivity index (χ4v) is 4.19. The Hall–Kier alpha value is -3.19. The highest BCUT2D eigenvalue weighted by atomic mass is 32.1. The zero-order valence-electron chi connectivity index (χ0n) is 14.5. The highest BCUT2D eigenvalue weighted by Gasteiger charge is 2.38. The first kappa shape index (κ1) is 17.2. The summed E-state index contributed by atoms with van der Waals surface area (Å²) < 4.78 is 11.6. The molecule has 0 bridgehead atoms. The second kappa shape index (κ2) is 6.85. The van der Waals surface area contributed by atoms with Crippen molar-refractivity contribution in [3.05, 3.63) is 80.9 Å². The monoisotopic (exact) mass is 380 g/mol. The van der Waals surface area contributed by atoms with Crippen molar-refractivity contribution in [3.8, 4) is 5.75 Å². The topological polar surface area (TPSA) is 91.5 Å². The van der Waals surface area contributed by atoms with Crippen molar-refractivity contribution in [2.24, 2.45) is 5.73 Å². The molecule has 3 heterocycles. The summed E-state index contributed by atoms with van der Waals surface area (Å²) >= 11 is 1.11. The van der Waals surface area contributed by atoms with E-state index in [0.717, 1.165) is 21.4 Å². The van der Waals surface area contributed by atoms with E-state index >= 15 is 0 Å². The van der Waals surface area contributed by atoms with Gasteiger partial charge in [0.25, 0.3) is 0 Å². The van der Waals surface area contributed by atoms with E-state index in [-0.39, 0.29) is 22.8 Å². The number of benzene rings is 1. The molecule has 0 saturated heterocycles. The molecule has 2 aromatic heterocycles. The Morgan fingerprint density at radius 1 is 1.30 bits per heavy atom.